The topological polar surface area (TPSA) is 252 Å². The Bertz CT molecular complexity index is 615. The van der Waals surface area contributed by atoms with E-state index in [0.29, 0.717) is 0 Å². The lowest BCUT2D eigenvalue weighted by Crippen LogP contribution is -2.56. The minimum absolute atomic E-state index is 0.00155. The van der Waals surface area contributed by atoms with Crippen molar-refractivity contribution < 1.29 is 34.2 Å². The van der Waals surface area contributed by atoms with Crippen molar-refractivity contribution in [2.45, 2.75) is 56.8 Å². The van der Waals surface area contributed by atoms with Crippen LogP contribution in [0.2, 0.25) is 0 Å². The molecule has 0 aromatic rings. The zero-order chi connectivity index (χ0) is 23.3. The first-order chi connectivity index (χ1) is 14.0. The Hall–Kier alpha value is -3.13. The van der Waals surface area contributed by atoms with Crippen molar-refractivity contribution in [3.05, 3.63) is 0 Å². The first-order valence-corrected chi connectivity index (χ1v) is 9.29. The van der Waals surface area contributed by atoms with Gasteiger partial charge < -0.3 is 48.7 Å². The van der Waals surface area contributed by atoms with Crippen molar-refractivity contribution in [1.82, 2.24) is 21.3 Å². The summed E-state index contributed by atoms with van der Waals surface area (Å²) in [6.07, 6.45) is -0.661. The number of hydrogen-bond acceptors (Lipinski definition) is 7. The lowest BCUT2D eigenvalue weighted by Gasteiger charge is -2.23. The Morgan fingerprint density at radius 2 is 1.27 bits per heavy atom. The van der Waals surface area contributed by atoms with Crippen molar-refractivity contribution in [2.24, 2.45) is 17.2 Å². The van der Waals surface area contributed by atoms with E-state index in [1.165, 1.54) is 6.92 Å². The maximum absolute atomic E-state index is 12.6. The molecule has 4 atom stereocenters. The normalized spacial score (nSPS) is 14.5. The molecule has 0 unspecified atom stereocenters. The van der Waals surface area contributed by atoms with Crippen LogP contribution in [0.4, 0.5) is 9.59 Å². The summed E-state index contributed by atoms with van der Waals surface area (Å²) in [6, 6.07) is -5.25. The number of urea groups is 2. The number of carboxylic acid groups (broad SMARTS) is 1. The fourth-order valence-corrected chi connectivity index (χ4v) is 2.32. The van der Waals surface area contributed by atoms with Crippen LogP contribution in [-0.4, -0.2) is 77.4 Å². The van der Waals surface area contributed by atoms with Crippen LogP contribution in [0.1, 0.15) is 32.6 Å². The molecule has 0 saturated carbocycles. The van der Waals surface area contributed by atoms with Crippen LogP contribution in [0.25, 0.3) is 0 Å². The zero-order valence-electron chi connectivity index (χ0n) is 16.7. The molecule has 0 aliphatic carbocycles. The summed E-state index contributed by atoms with van der Waals surface area (Å²) in [5.41, 5.74) is 15.4. The summed E-state index contributed by atoms with van der Waals surface area (Å²) in [5.74, 6) is -2.88. The van der Waals surface area contributed by atoms with Gasteiger partial charge in [-0.25, -0.2) is 14.4 Å². The average molecular weight is 433 g/mol. The fraction of sp³-hybridized carbons (Fsp3) is 0.688. The Labute approximate surface area is 173 Å². The highest BCUT2D eigenvalue weighted by atomic mass is 16.4. The summed E-state index contributed by atoms with van der Waals surface area (Å²) < 4.78 is 0. The summed E-state index contributed by atoms with van der Waals surface area (Å²) in [7, 11) is 0. The molecule has 0 aliphatic heterocycles. The molecule has 6 amide bonds. The van der Waals surface area contributed by atoms with Crippen LogP contribution in [-0.2, 0) is 14.4 Å². The van der Waals surface area contributed by atoms with Gasteiger partial charge in [-0.3, -0.25) is 9.59 Å². The predicted octanol–water partition coefficient (Wildman–Crippen LogP) is -3.35. The third kappa shape index (κ3) is 11.7. The number of nitrogens with two attached hydrogens (primary N) is 3. The molecule has 0 rings (SSSR count). The molecule has 0 aromatic heterocycles. The number of aliphatic carboxylic acids is 1. The highest BCUT2D eigenvalue weighted by Gasteiger charge is 2.28. The smallest absolute Gasteiger partial charge is 0.326 e. The van der Waals surface area contributed by atoms with E-state index in [0.717, 1.165) is 0 Å². The zero-order valence-corrected chi connectivity index (χ0v) is 16.7. The molecule has 0 bridgehead atoms. The monoisotopic (exact) mass is 433 g/mol. The van der Waals surface area contributed by atoms with Crippen LogP contribution < -0.4 is 38.5 Å². The van der Waals surface area contributed by atoms with E-state index >= 15 is 0 Å². The first kappa shape index (κ1) is 26.9. The molecule has 0 saturated heterocycles. The molecule has 14 heteroatoms. The van der Waals surface area contributed by atoms with Gasteiger partial charge in [0, 0.05) is 13.1 Å². The molecular formula is C16H31N7O7. The SMILES string of the molecule is C[C@@H](O)[C@H](N)C(=O)N[C@@H](CCCNC(N)=O)C(=O)N[C@@H](CCCNC(N)=O)C(=O)O. The van der Waals surface area contributed by atoms with Crippen LogP contribution in [0, 0.1) is 0 Å². The van der Waals surface area contributed by atoms with Gasteiger partial charge in [0.25, 0.3) is 0 Å². The van der Waals surface area contributed by atoms with Crippen LogP contribution in [0.3, 0.4) is 0 Å². The number of carbonyl (C=O) groups excluding carboxylic acids is 4. The summed E-state index contributed by atoms with van der Waals surface area (Å²) in [6.45, 7) is 1.55. The van der Waals surface area contributed by atoms with E-state index in [2.05, 4.69) is 21.3 Å². The number of carbonyl (C=O) groups is 5. The highest BCUT2D eigenvalue weighted by molar-refractivity contribution is 5.91. The minimum atomic E-state index is -1.30. The second-order valence-corrected chi connectivity index (χ2v) is 6.59. The maximum atomic E-state index is 12.6. The van der Waals surface area contributed by atoms with Crippen LogP contribution >= 0.6 is 0 Å². The van der Waals surface area contributed by atoms with E-state index in [9.17, 15) is 34.2 Å². The van der Waals surface area contributed by atoms with Crippen LogP contribution in [0.5, 0.6) is 0 Å². The number of amides is 6. The van der Waals surface area contributed by atoms with Gasteiger partial charge in [-0.2, -0.15) is 0 Å². The molecule has 0 aliphatic rings. The molecule has 0 heterocycles. The largest absolute Gasteiger partial charge is 0.480 e. The fourth-order valence-electron chi connectivity index (χ4n) is 2.32. The summed E-state index contributed by atoms with van der Waals surface area (Å²) in [5, 5.41) is 28.0. The summed E-state index contributed by atoms with van der Waals surface area (Å²) in [4.78, 5) is 57.4. The standard InChI is InChI=1S/C16H31N7O7/c1-8(24)11(17)13(26)22-9(4-2-6-20-15(18)29)12(25)23-10(14(27)28)5-3-7-21-16(19)30/h8-11,24H,2-7,17H2,1H3,(H,22,26)(H,23,25)(H,27,28)(H3,18,20,29)(H3,19,21,30)/t8-,9+,10+,11+/m1/s1. The van der Waals surface area contributed by atoms with Gasteiger partial charge in [0.1, 0.15) is 18.1 Å². The van der Waals surface area contributed by atoms with Crippen molar-refractivity contribution in [3.63, 3.8) is 0 Å². The van der Waals surface area contributed by atoms with Crippen LogP contribution in [0.15, 0.2) is 0 Å². The van der Waals surface area contributed by atoms with Gasteiger partial charge in [0.05, 0.1) is 6.10 Å². The first-order valence-electron chi connectivity index (χ1n) is 9.29. The second-order valence-electron chi connectivity index (χ2n) is 6.59. The van der Waals surface area contributed by atoms with Crippen molar-refractivity contribution >= 4 is 29.8 Å². The molecule has 0 aromatic carbocycles. The number of nitrogens with one attached hydrogen (secondary N) is 4. The van der Waals surface area contributed by atoms with Gasteiger partial charge >= 0.3 is 18.0 Å². The van der Waals surface area contributed by atoms with Crippen molar-refractivity contribution in [1.29, 1.82) is 0 Å². The Morgan fingerprint density at radius 1 is 0.833 bits per heavy atom. The number of primary amides is 2. The summed E-state index contributed by atoms with van der Waals surface area (Å²) >= 11 is 0. The lowest BCUT2D eigenvalue weighted by molar-refractivity contribution is -0.142. The third-order valence-corrected chi connectivity index (χ3v) is 4.01. The Balaban J connectivity index is 5.01. The quantitative estimate of drug-likeness (QED) is 0.125. The predicted molar refractivity (Wildman–Crippen MR) is 105 cm³/mol. The molecule has 172 valence electrons. The molecule has 0 fully saturated rings. The molecule has 30 heavy (non-hydrogen) atoms. The molecule has 14 nitrogen and oxygen atoms in total. The number of rotatable bonds is 14. The Kier molecular flexibility index (Phi) is 12.5. The number of aliphatic hydroxyl groups is 1. The number of carboxylic acids is 1. The molecule has 0 spiro atoms. The second kappa shape index (κ2) is 13.9. The maximum Gasteiger partial charge on any atom is 0.326 e. The van der Waals surface area contributed by atoms with E-state index in [1.54, 1.807) is 0 Å². The van der Waals surface area contributed by atoms with E-state index in [-0.39, 0.29) is 38.8 Å². The molecule has 12 N–H and O–H groups in total. The van der Waals surface area contributed by atoms with Crippen molar-refractivity contribution in [3.8, 4) is 0 Å². The average Bonchev–Trinajstić information content (AvgIpc) is 2.64. The van der Waals surface area contributed by atoms with E-state index in [1.807, 2.05) is 0 Å². The number of hydrogen-bond donors (Lipinski definition) is 9. The third-order valence-electron chi connectivity index (χ3n) is 4.01. The number of aliphatic hydroxyl groups excluding tert-OH is 1. The van der Waals surface area contributed by atoms with Gasteiger partial charge in [-0.05, 0) is 32.6 Å². The highest BCUT2D eigenvalue weighted by Crippen LogP contribution is 2.03. The Morgan fingerprint density at radius 3 is 1.67 bits per heavy atom. The van der Waals surface area contributed by atoms with Crippen molar-refractivity contribution in [2.75, 3.05) is 13.1 Å². The van der Waals surface area contributed by atoms with Gasteiger partial charge in [0.15, 0.2) is 0 Å². The van der Waals surface area contributed by atoms with E-state index < -0.39 is 54.1 Å². The van der Waals surface area contributed by atoms with E-state index in [4.69, 9.17) is 17.2 Å². The van der Waals surface area contributed by atoms with Gasteiger partial charge in [-0.1, -0.05) is 0 Å². The molecular weight excluding hydrogens is 402 g/mol. The van der Waals surface area contributed by atoms with Gasteiger partial charge in [-0.15, -0.1) is 0 Å². The molecule has 0 radical (unpaired) electrons. The van der Waals surface area contributed by atoms with Gasteiger partial charge in [0.2, 0.25) is 11.8 Å². The minimum Gasteiger partial charge on any atom is -0.480 e. The lowest BCUT2D eigenvalue weighted by atomic mass is 10.1.